The van der Waals surface area contributed by atoms with E-state index < -0.39 is 35.4 Å². The van der Waals surface area contributed by atoms with Crippen LogP contribution in [0.25, 0.3) is 0 Å². The van der Waals surface area contributed by atoms with E-state index in [9.17, 15) is 31.1 Å². The summed E-state index contributed by atoms with van der Waals surface area (Å²) in [6.45, 7) is 2.15. The van der Waals surface area contributed by atoms with Gasteiger partial charge in [0.05, 0.1) is 17.0 Å². The predicted octanol–water partition coefficient (Wildman–Crippen LogP) is 4.27. The van der Waals surface area contributed by atoms with Crippen LogP contribution < -0.4 is 0 Å². The fourth-order valence-electron chi connectivity index (χ4n) is 3.14. The number of hydrogen-bond donors (Lipinski definition) is 1. The van der Waals surface area contributed by atoms with E-state index >= 15 is 0 Å². The quantitative estimate of drug-likeness (QED) is 0.809. The van der Waals surface area contributed by atoms with E-state index in [1.54, 1.807) is 11.8 Å². The van der Waals surface area contributed by atoms with Crippen molar-refractivity contribution in [2.75, 3.05) is 13.1 Å². The molecule has 1 aliphatic heterocycles. The van der Waals surface area contributed by atoms with Crippen LogP contribution in [0.2, 0.25) is 0 Å². The van der Waals surface area contributed by atoms with E-state index in [4.69, 9.17) is 5.11 Å². The maximum absolute atomic E-state index is 12.9. The van der Waals surface area contributed by atoms with Gasteiger partial charge in [-0.2, -0.15) is 26.3 Å². The summed E-state index contributed by atoms with van der Waals surface area (Å²) in [6.07, 6.45) is -9.36. The van der Waals surface area contributed by atoms with Gasteiger partial charge in [-0.15, -0.1) is 0 Å². The molecule has 2 unspecified atom stereocenters. The first-order valence-electron chi connectivity index (χ1n) is 7.59. The number of halogens is 6. The van der Waals surface area contributed by atoms with Crippen LogP contribution in [0.1, 0.15) is 30.0 Å². The van der Waals surface area contributed by atoms with Crippen molar-refractivity contribution in [1.82, 2.24) is 4.90 Å². The van der Waals surface area contributed by atoms with E-state index in [1.807, 2.05) is 0 Å². The molecule has 0 amide bonds. The third kappa shape index (κ3) is 5.10. The monoisotopic (exact) mass is 369 g/mol. The molecule has 0 saturated carbocycles. The minimum atomic E-state index is -4.89. The standard InChI is InChI=1S/C16H17F6NO2/c1-9-2-11(14(24)25)8-23(6-9)7-10-3-12(15(17,18)19)5-13(4-10)16(20,21)22/h3-5,9,11H,2,6-8H2,1H3,(H,24,25). The highest BCUT2D eigenvalue weighted by atomic mass is 19.4. The van der Waals surface area contributed by atoms with Crippen LogP contribution in [0, 0.1) is 11.8 Å². The molecule has 0 aromatic heterocycles. The highest BCUT2D eigenvalue weighted by Crippen LogP contribution is 2.36. The van der Waals surface area contributed by atoms with Crippen molar-refractivity contribution in [3.8, 4) is 0 Å². The second-order valence-electron chi connectivity index (χ2n) is 6.48. The molecule has 25 heavy (non-hydrogen) atoms. The molecule has 140 valence electrons. The molecule has 1 saturated heterocycles. The van der Waals surface area contributed by atoms with Gasteiger partial charge >= 0.3 is 18.3 Å². The third-order valence-corrected chi connectivity index (χ3v) is 4.14. The largest absolute Gasteiger partial charge is 0.481 e. The fraction of sp³-hybridized carbons (Fsp3) is 0.562. The maximum atomic E-state index is 12.9. The number of rotatable bonds is 3. The summed E-state index contributed by atoms with van der Waals surface area (Å²) in [6, 6.07) is 1.46. The van der Waals surface area contributed by atoms with Crippen LogP contribution in [0.5, 0.6) is 0 Å². The zero-order valence-corrected chi connectivity index (χ0v) is 13.3. The molecule has 9 heteroatoms. The van der Waals surface area contributed by atoms with Gasteiger partial charge in [0.25, 0.3) is 0 Å². The summed E-state index contributed by atoms with van der Waals surface area (Å²) in [5, 5.41) is 9.12. The second kappa shape index (κ2) is 6.86. The van der Waals surface area contributed by atoms with Crippen molar-refractivity contribution in [2.45, 2.75) is 32.2 Å². The topological polar surface area (TPSA) is 40.5 Å². The Kier molecular flexibility index (Phi) is 5.36. The Morgan fingerprint density at radius 3 is 2.04 bits per heavy atom. The number of carboxylic acid groups (broad SMARTS) is 1. The normalized spacial score (nSPS) is 22.8. The van der Waals surface area contributed by atoms with Crippen LogP contribution in [-0.4, -0.2) is 29.1 Å². The van der Waals surface area contributed by atoms with Crippen molar-refractivity contribution in [1.29, 1.82) is 0 Å². The molecule has 0 radical (unpaired) electrons. The van der Waals surface area contributed by atoms with Crippen molar-refractivity contribution in [2.24, 2.45) is 11.8 Å². The summed E-state index contributed by atoms with van der Waals surface area (Å²) in [7, 11) is 0. The number of benzene rings is 1. The van der Waals surface area contributed by atoms with Gasteiger partial charge in [0.1, 0.15) is 0 Å². The summed E-state index contributed by atoms with van der Waals surface area (Å²) < 4.78 is 77.3. The van der Waals surface area contributed by atoms with E-state index in [2.05, 4.69) is 0 Å². The Balaban J connectivity index is 2.30. The van der Waals surface area contributed by atoms with Crippen molar-refractivity contribution in [3.05, 3.63) is 34.9 Å². The number of carboxylic acids is 1. The Hall–Kier alpha value is -1.77. The summed E-state index contributed by atoms with van der Waals surface area (Å²) in [5.41, 5.74) is -2.87. The van der Waals surface area contributed by atoms with Gasteiger partial charge in [0.2, 0.25) is 0 Å². The number of nitrogens with zero attached hydrogens (tertiary/aromatic N) is 1. The minimum absolute atomic E-state index is 0.0114. The Bertz CT molecular complexity index is 608. The molecule has 1 N–H and O–H groups in total. The first-order chi connectivity index (χ1) is 11.4. The molecule has 0 spiro atoms. The summed E-state index contributed by atoms with van der Waals surface area (Å²) >= 11 is 0. The molecule has 1 fully saturated rings. The molecular weight excluding hydrogens is 352 g/mol. The van der Waals surface area contributed by atoms with Gasteiger partial charge in [-0.1, -0.05) is 6.92 Å². The number of likely N-dealkylation sites (tertiary alicyclic amines) is 1. The van der Waals surface area contributed by atoms with Gasteiger partial charge in [0.15, 0.2) is 0 Å². The van der Waals surface area contributed by atoms with Crippen LogP contribution in [-0.2, 0) is 23.7 Å². The molecule has 2 atom stereocenters. The number of carbonyl (C=O) groups is 1. The first-order valence-corrected chi connectivity index (χ1v) is 7.59. The Morgan fingerprint density at radius 2 is 1.60 bits per heavy atom. The zero-order valence-electron chi connectivity index (χ0n) is 13.3. The SMILES string of the molecule is CC1CC(C(=O)O)CN(Cc2cc(C(F)(F)F)cc(C(F)(F)F)c2)C1. The molecule has 1 aromatic rings. The highest BCUT2D eigenvalue weighted by Gasteiger charge is 2.37. The lowest BCUT2D eigenvalue weighted by atomic mass is 9.90. The van der Waals surface area contributed by atoms with E-state index in [-0.39, 0.29) is 30.6 Å². The van der Waals surface area contributed by atoms with Gasteiger partial charge in [-0.25, -0.2) is 0 Å². The molecule has 1 aliphatic rings. The number of piperidine rings is 1. The molecule has 3 nitrogen and oxygen atoms in total. The van der Waals surface area contributed by atoms with Crippen LogP contribution in [0.15, 0.2) is 18.2 Å². The van der Waals surface area contributed by atoms with Crippen LogP contribution in [0.3, 0.4) is 0 Å². The fourth-order valence-corrected chi connectivity index (χ4v) is 3.14. The maximum Gasteiger partial charge on any atom is 0.416 e. The van der Waals surface area contributed by atoms with Crippen LogP contribution >= 0.6 is 0 Å². The molecular formula is C16H17F6NO2. The van der Waals surface area contributed by atoms with E-state index in [0.29, 0.717) is 25.1 Å². The van der Waals surface area contributed by atoms with E-state index in [1.165, 1.54) is 0 Å². The first kappa shape index (κ1) is 19.6. The average molecular weight is 369 g/mol. The number of aliphatic carboxylic acids is 1. The average Bonchev–Trinajstić information content (AvgIpc) is 2.44. The van der Waals surface area contributed by atoms with Crippen molar-refractivity contribution >= 4 is 5.97 Å². The molecule has 1 heterocycles. The molecule has 0 bridgehead atoms. The van der Waals surface area contributed by atoms with Crippen LogP contribution in [0.4, 0.5) is 26.3 Å². The summed E-state index contributed by atoms with van der Waals surface area (Å²) in [4.78, 5) is 12.7. The van der Waals surface area contributed by atoms with Gasteiger partial charge in [-0.05, 0) is 36.1 Å². The number of alkyl halides is 6. The molecule has 0 aliphatic carbocycles. The van der Waals surface area contributed by atoms with Gasteiger partial charge in [0, 0.05) is 19.6 Å². The minimum Gasteiger partial charge on any atom is -0.481 e. The van der Waals surface area contributed by atoms with Gasteiger partial charge < -0.3 is 5.11 Å². The summed E-state index contributed by atoms with van der Waals surface area (Å²) in [5.74, 6) is -1.71. The lowest BCUT2D eigenvalue weighted by Crippen LogP contribution is -2.42. The second-order valence-corrected chi connectivity index (χ2v) is 6.48. The molecule has 2 rings (SSSR count). The smallest absolute Gasteiger partial charge is 0.416 e. The highest BCUT2D eigenvalue weighted by molar-refractivity contribution is 5.70. The van der Waals surface area contributed by atoms with E-state index in [0.717, 1.165) is 0 Å². The Morgan fingerprint density at radius 1 is 1.08 bits per heavy atom. The van der Waals surface area contributed by atoms with Crippen molar-refractivity contribution in [3.63, 3.8) is 0 Å². The van der Waals surface area contributed by atoms with Crippen molar-refractivity contribution < 1.29 is 36.2 Å². The zero-order chi connectivity index (χ0) is 19.0. The predicted molar refractivity (Wildman–Crippen MR) is 76.6 cm³/mol. The Labute approximate surface area is 140 Å². The molecule has 1 aromatic carbocycles. The third-order valence-electron chi connectivity index (χ3n) is 4.14. The lowest BCUT2D eigenvalue weighted by molar-refractivity contribution is -0.144. The lowest BCUT2D eigenvalue weighted by Gasteiger charge is -2.34. The van der Waals surface area contributed by atoms with Gasteiger partial charge in [-0.3, -0.25) is 9.69 Å². The number of hydrogen-bond acceptors (Lipinski definition) is 2.